The fraction of sp³-hybridized carbons (Fsp3) is 0.588. The monoisotopic (exact) mass is 272 g/mol. The van der Waals surface area contributed by atoms with Gasteiger partial charge in [-0.3, -0.25) is 4.79 Å². The number of rotatable bonds is 3. The Morgan fingerprint density at radius 2 is 1.95 bits per heavy atom. The summed E-state index contributed by atoms with van der Waals surface area (Å²) in [6.07, 6.45) is 5.58. The maximum absolute atomic E-state index is 12.6. The van der Waals surface area contributed by atoms with Crippen LogP contribution in [0.2, 0.25) is 0 Å². The molecule has 0 bridgehead atoms. The third kappa shape index (κ3) is 2.88. The molecule has 1 unspecified atom stereocenters. The van der Waals surface area contributed by atoms with Crippen molar-refractivity contribution in [1.82, 2.24) is 10.2 Å². The van der Waals surface area contributed by atoms with E-state index in [2.05, 4.69) is 29.6 Å². The van der Waals surface area contributed by atoms with Gasteiger partial charge in [0.2, 0.25) is 5.91 Å². The van der Waals surface area contributed by atoms with Gasteiger partial charge in [-0.2, -0.15) is 0 Å². The van der Waals surface area contributed by atoms with Gasteiger partial charge in [0.1, 0.15) is 0 Å². The highest BCUT2D eigenvalue weighted by Crippen LogP contribution is 2.27. The Morgan fingerprint density at radius 3 is 2.55 bits per heavy atom. The van der Waals surface area contributed by atoms with E-state index in [9.17, 15) is 4.79 Å². The third-order valence-electron chi connectivity index (χ3n) is 4.68. The van der Waals surface area contributed by atoms with Crippen molar-refractivity contribution in [3.05, 3.63) is 35.4 Å². The summed E-state index contributed by atoms with van der Waals surface area (Å²) in [4.78, 5) is 14.5. The van der Waals surface area contributed by atoms with Gasteiger partial charge in [0.05, 0.1) is 0 Å². The molecule has 1 aliphatic heterocycles. The van der Waals surface area contributed by atoms with Gasteiger partial charge in [-0.05, 0) is 43.4 Å². The summed E-state index contributed by atoms with van der Waals surface area (Å²) in [5.74, 6) is 0.467. The lowest BCUT2D eigenvalue weighted by Crippen LogP contribution is -2.45. The van der Waals surface area contributed by atoms with Crippen LogP contribution in [0.25, 0.3) is 0 Å². The quantitative estimate of drug-likeness (QED) is 0.913. The number of hydrogen-bond acceptors (Lipinski definition) is 2. The van der Waals surface area contributed by atoms with Gasteiger partial charge in [-0.1, -0.05) is 30.7 Å². The smallest absolute Gasteiger partial charge is 0.226 e. The van der Waals surface area contributed by atoms with Gasteiger partial charge in [0, 0.05) is 25.6 Å². The standard InChI is InChI=1S/C17H24N2O/c1-19(12-16-8-4-5-9-18-16)17(20)15-10-13-6-2-3-7-14(13)11-15/h2-3,6-7,15-16,18H,4-5,8-12H2,1H3. The van der Waals surface area contributed by atoms with Crippen LogP contribution in [0.15, 0.2) is 24.3 Å². The fourth-order valence-corrected chi connectivity index (χ4v) is 3.55. The molecular weight excluding hydrogens is 248 g/mol. The highest BCUT2D eigenvalue weighted by atomic mass is 16.2. The van der Waals surface area contributed by atoms with E-state index in [4.69, 9.17) is 0 Å². The van der Waals surface area contributed by atoms with Crippen molar-refractivity contribution in [3.63, 3.8) is 0 Å². The van der Waals surface area contributed by atoms with E-state index in [0.717, 1.165) is 25.9 Å². The summed E-state index contributed by atoms with van der Waals surface area (Å²) >= 11 is 0. The second-order valence-electron chi connectivity index (χ2n) is 6.24. The van der Waals surface area contributed by atoms with Crippen molar-refractivity contribution in [1.29, 1.82) is 0 Å². The summed E-state index contributed by atoms with van der Waals surface area (Å²) in [6.45, 7) is 1.95. The average Bonchev–Trinajstić information content (AvgIpc) is 2.91. The van der Waals surface area contributed by atoms with Crippen LogP contribution >= 0.6 is 0 Å². The van der Waals surface area contributed by atoms with Crippen LogP contribution in [0.5, 0.6) is 0 Å². The molecule has 3 nitrogen and oxygen atoms in total. The molecule has 0 radical (unpaired) electrons. The molecule has 108 valence electrons. The number of likely N-dealkylation sites (N-methyl/N-ethyl adjacent to an activating group) is 1. The van der Waals surface area contributed by atoms with Gasteiger partial charge in [0.15, 0.2) is 0 Å². The van der Waals surface area contributed by atoms with Crippen LogP contribution in [0.3, 0.4) is 0 Å². The van der Waals surface area contributed by atoms with Gasteiger partial charge >= 0.3 is 0 Å². The fourth-order valence-electron chi connectivity index (χ4n) is 3.55. The first-order valence-corrected chi connectivity index (χ1v) is 7.79. The van der Waals surface area contributed by atoms with Crippen LogP contribution in [0.1, 0.15) is 30.4 Å². The third-order valence-corrected chi connectivity index (χ3v) is 4.68. The molecule has 3 rings (SSSR count). The molecule has 0 spiro atoms. The first kappa shape index (κ1) is 13.6. The van der Waals surface area contributed by atoms with Crippen LogP contribution in [-0.2, 0) is 17.6 Å². The number of piperidine rings is 1. The summed E-state index contributed by atoms with van der Waals surface area (Å²) in [5, 5.41) is 3.52. The molecule has 20 heavy (non-hydrogen) atoms. The van der Waals surface area contributed by atoms with Gasteiger partial charge in [-0.15, -0.1) is 0 Å². The molecule has 1 aromatic rings. The Bertz CT molecular complexity index is 455. The lowest BCUT2D eigenvalue weighted by atomic mass is 10.0. The Hall–Kier alpha value is -1.35. The van der Waals surface area contributed by atoms with Gasteiger partial charge < -0.3 is 10.2 Å². The molecule has 1 atom stereocenters. The lowest BCUT2D eigenvalue weighted by molar-refractivity contribution is -0.134. The van der Waals surface area contributed by atoms with Gasteiger partial charge in [0.25, 0.3) is 0 Å². The Morgan fingerprint density at radius 1 is 1.25 bits per heavy atom. The van der Waals surface area contributed by atoms with E-state index in [0.29, 0.717) is 11.9 Å². The second kappa shape index (κ2) is 5.96. The van der Waals surface area contributed by atoms with E-state index in [1.807, 2.05) is 11.9 Å². The van der Waals surface area contributed by atoms with Crippen LogP contribution < -0.4 is 5.32 Å². The summed E-state index contributed by atoms with van der Waals surface area (Å²) < 4.78 is 0. The summed E-state index contributed by atoms with van der Waals surface area (Å²) in [6, 6.07) is 8.95. The van der Waals surface area contributed by atoms with Crippen LogP contribution in [0, 0.1) is 5.92 Å². The van der Waals surface area contributed by atoms with Crippen molar-refractivity contribution in [2.45, 2.75) is 38.1 Å². The van der Waals surface area contributed by atoms with Crippen LogP contribution in [0.4, 0.5) is 0 Å². The van der Waals surface area contributed by atoms with Crippen molar-refractivity contribution in [3.8, 4) is 0 Å². The topological polar surface area (TPSA) is 32.3 Å². The highest BCUT2D eigenvalue weighted by molar-refractivity contribution is 5.80. The minimum Gasteiger partial charge on any atom is -0.344 e. The Balaban J connectivity index is 1.57. The molecule has 1 aliphatic carbocycles. The van der Waals surface area contributed by atoms with Crippen molar-refractivity contribution < 1.29 is 4.79 Å². The second-order valence-corrected chi connectivity index (χ2v) is 6.24. The predicted molar refractivity (Wildman–Crippen MR) is 80.6 cm³/mol. The van der Waals surface area contributed by atoms with Crippen molar-refractivity contribution in [2.24, 2.45) is 5.92 Å². The average molecular weight is 272 g/mol. The van der Waals surface area contributed by atoms with Crippen molar-refractivity contribution >= 4 is 5.91 Å². The predicted octanol–water partition coefficient (Wildman–Crippen LogP) is 2.00. The Labute approximate surface area is 121 Å². The summed E-state index contributed by atoms with van der Waals surface area (Å²) in [7, 11) is 1.96. The largest absolute Gasteiger partial charge is 0.344 e. The molecule has 1 fully saturated rings. The van der Waals surface area contributed by atoms with E-state index in [1.165, 1.54) is 30.4 Å². The number of fused-ring (bicyclic) bond motifs is 1. The SMILES string of the molecule is CN(CC1CCCCN1)C(=O)C1Cc2ccccc2C1. The molecule has 1 amide bonds. The minimum atomic E-state index is 0.154. The van der Waals surface area contributed by atoms with E-state index in [1.54, 1.807) is 0 Å². The van der Waals surface area contributed by atoms with Crippen molar-refractivity contribution in [2.75, 3.05) is 20.1 Å². The Kier molecular flexibility index (Phi) is 4.06. The highest BCUT2D eigenvalue weighted by Gasteiger charge is 2.30. The minimum absolute atomic E-state index is 0.154. The zero-order valence-corrected chi connectivity index (χ0v) is 12.3. The molecule has 3 heteroatoms. The first-order chi connectivity index (χ1) is 9.74. The number of benzene rings is 1. The number of carbonyl (C=O) groups excluding carboxylic acids is 1. The first-order valence-electron chi connectivity index (χ1n) is 7.79. The zero-order chi connectivity index (χ0) is 13.9. The van der Waals surface area contributed by atoms with Crippen LogP contribution in [-0.4, -0.2) is 37.0 Å². The van der Waals surface area contributed by atoms with E-state index < -0.39 is 0 Å². The number of hydrogen-bond donors (Lipinski definition) is 1. The normalized spacial score (nSPS) is 22.6. The van der Waals surface area contributed by atoms with E-state index in [-0.39, 0.29) is 5.92 Å². The molecule has 1 N–H and O–H groups in total. The maximum Gasteiger partial charge on any atom is 0.226 e. The molecule has 1 saturated heterocycles. The lowest BCUT2D eigenvalue weighted by Gasteiger charge is -2.29. The number of nitrogens with zero attached hydrogens (tertiary/aromatic N) is 1. The number of carbonyl (C=O) groups is 1. The molecule has 0 aromatic heterocycles. The summed E-state index contributed by atoms with van der Waals surface area (Å²) in [5.41, 5.74) is 2.71. The molecular formula is C17H24N2O. The number of nitrogens with one attached hydrogen (secondary N) is 1. The zero-order valence-electron chi connectivity index (χ0n) is 12.3. The van der Waals surface area contributed by atoms with E-state index >= 15 is 0 Å². The molecule has 1 heterocycles. The molecule has 1 aromatic carbocycles. The maximum atomic E-state index is 12.6. The van der Waals surface area contributed by atoms with Gasteiger partial charge in [-0.25, -0.2) is 0 Å². The number of amides is 1. The molecule has 2 aliphatic rings. The molecule has 0 saturated carbocycles.